The van der Waals surface area contributed by atoms with Crippen LogP contribution < -0.4 is 5.14 Å². The van der Waals surface area contributed by atoms with Gasteiger partial charge in [0.2, 0.25) is 10.0 Å². The quantitative estimate of drug-likeness (QED) is 0.172. The summed E-state index contributed by atoms with van der Waals surface area (Å²) in [7, 11) is -2.51. The molecule has 2 aromatic heterocycles. The number of Topliss-reactive ketones (excluding diaryl/α,β-unsaturated/α-hetero) is 1. The lowest BCUT2D eigenvalue weighted by Gasteiger charge is -2.11. The second kappa shape index (κ2) is 11.1. The number of hydrogen-bond donors (Lipinski definition) is 1. The third-order valence-electron chi connectivity index (χ3n) is 6.36. The number of carbonyl (C=O) groups is 2. The average Bonchev–Trinajstić information content (AvgIpc) is 3.40. The molecule has 0 atom stereocenters. The standard InChI is InChI=1S/C27H30N4O5S2/c1-5-6-13-30-24-12-11-21(38(28,34)35)15-23(24)29-27(30)37-16-25(32)22-14-17(2)31(18(22)3)20-9-7-19(8-10-20)26(33)36-4/h7-12,14-15H,5-6,13,16H2,1-4H3,(H2,28,34,35). The van der Waals surface area contributed by atoms with E-state index in [4.69, 9.17) is 9.88 Å². The number of aromatic nitrogens is 3. The zero-order valence-corrected chi connectivity index (χ0v) is 23.4. The van der Waals surface area contributed by atoms with E-state index in [0.29, 0.717) is 28.3 Å². The minimum Gasteiger partial charge on any atom is -0.465 e. The summed E-state index contributed by atoms with van der Waals surface area (Å²) in [6.07, 6.45) is 1.89. The monoisotopic (exact) mass is 554 g/mol. The van der Waals surface area contributed by atoms with Crippen molar-refractivity contribution >= 4 is 44.6 Å². The molecule has 0 unspecified atom stereocenters. The molecule has 0 aliphatic rings. The fourth-order valence-electron chi connectivity index (χ4n) is 4.42. The third kappa shape index (κ3) is 5.54. The van der Waals surface area contributed by atoms with Gasteiger partial charge in [0.15, 0.2) is 10.9 Å². The summed E-state index contributed by atoms with van der Waals surface area (Å²) >= 11 is 1.33. The highest BCUT2D eigenvalue weighted by Crippen LogP contribution is 2.28. The molecule has 0 fully saturated rings. The van der Waals surface area contributed by atoms with E-state index in [1.165, 1.54) is 31.0 Å². The number of primary sulfonamides is 1. The van der Waals surface area contributed by atoms with Crippen LogP contribution in [0.4, 0.5) is 0 Å². The van der Waals surface area contributed by atoms with Gasteiger partial charge in [-0.25, -0.2) is 23.3 Å². The average molecular weight is 555 g/mol. The Labute approximate surface area is 226 Å². The van der Waals surface area contributed by atoms with E-state index in [9.17, 15) is 18.0 Å². The number of benzene rings is 2. The van der Waals surface area contributed by atoms with Gasteiger partial charge in [0.25, 0.3) is 0 Å². The van der Waals surface area contributed by atoms with E-state index in [1.54, 1.807) is 18.2 Å². The summed E-state index contributed by atoms with van der Waals surface area (Å²) in [5.74, 6) is -0.278. The first-order valence-corrected chi connectivity index (χ1v) is 14.6. The Bertz CT molecular complexity index is 1620. The number of esters is 1. The number of nitrogens with two attached hydrogens (primary N) is 1. The van der Waals surface area contributed by atoms with Gasteiger partial charge in [-0.3, -0.25) is 4.79 Å². The van der Waals surface area contributed by atoms with E-state index in [0.717, 1.165) is 35.4 Å². The van der Waals surface area contributed by atoms with Crippen molar-refractivity contribution in [1.29, 1.82) is 0 Å². The van der Waals surface area contributed by atoms with Crippen molar-refractivity contribution in [2.24, 2.45) is 5.14 Å². The Hall–Kier alpha value is -3.41. The predicted molar refractivity (Wildman–Crippen MR) is 148 cm³/mol. The smallest absolute Gasteiger partial charge is 0.337 e. The molecule has 0 aliphatic carbocycles. The summed E-state index contributed by atoms with van der Waals surface area (Å²) in [6, 6.07) is 13.6. The molecule has 0 saturated carbocycles. The Morgan fingerprint density at radius 2 is 1.79 bits per heavy atom. The number of methoxy groups -OCH3 is 1. The molecule has 0 saturated heterocycles. The highest BCUT2D eigenvalue weighted by Gasteiger charge is 2.20. The Morgan fingerprint density at radius 1 is 1.08 bits per heavy atom. The lowest BCUT2D eigenvalue weighted by molar-refractivity contribution is 0.0600. The Morgan fingerprint density at radius 3 is 2.42 bits per heavy atom. The zero-order valence-electron chi connectivity index (χ0n) is 21.7. The molecule has 0 amide bonds. The topological polar surface area (TPSA) is 126 Å². The van der Waals surface area contributed by atoms with E-state index in [2.05, 4.69) is 11.9 Å². The normalized spacial score (nSPS) is 11.7. The number of sulfonamides is 1. The lowest BCUT2D eigenvalue weighted by Crippen LogP contribution is -2.11. The minimum absolute atomic E-state index is 0.00447. The minimum atomic E-state index is -3.85. The molecule has 0 aliphatic heterocycles. The maximum Gasteiger partial charge on any atom is 0.337 e. The van der Waals surface area contributed by atoms with Crippen LogP contribution in [0, 0.1) is 13.8 Å². The van der Waals surface area contributed by atoms with Crippen molar-refractivity contribution in [1.82, 2.24) is 14.1 Å². The number of imidazole rings is 1. The van der Waals surface area contributed by atoms with E-state index in [1.807, 2.05) is 41.2 Å². The molecule has 0 bridgehead atoms. The number of rotatable bonds is 10. The highest BCUT2D eigenvalue weighted by molar-refractivity contribution is 7.99. The van der Waals surface area contributed by atoms with Gasteiger partial charge >= 0.3 is 5.97 Å². The number of ketones is 1. The maximum atomic E-state index is 13.3. The van der Waals surface area contributed by atoms with Gasteiger partial charge in [0, 0.05) is 29.2 Å². The molecule has 4 rings (SSSR count). The van der Waals surface area contributed by atoms with Crippen LogP contribution in [-0.4, -0.2) is 47.2 Å². The summed E-state index contributed by atoms with van der Waals surface area (Å²) in [5.41, 5.74) is 4.92. The SMILES string of the molecule is CCCCn1c(SCC(=O)c2cc(C)n(-c3ccc(C(=O)OC)cc3)c2C)nc2cc(S(N)(=O)=O)ccc21. The number of carbonyl (C=O) groups excluding carboxylic acids is 2. The molecule has 2 heterocycles. The Kier molecular flexibility index (Phi) is 8.10. The third-order valence-corrected chi connectivity index (χ3v) is 8.25. The second-order valence-electron chi connectivity index (χ2n) is 8.97. The van der Waals surface area contributed by atoms with E-state index < -0.39 is 16.0 Å². The first-order chi connectivity index (χ1) is 18.0. The van der Waals surface area contributed by atoms with Crippen LogP contribution in [0.25, 0.3) is 16.7 Å². The van der Waals surface area contributed by atoms with Crippen molar-refractivity contribution < 1.29 is 22.7 Å². The van der Waals surface area contributed by atoms with E-state index >= 15 is 0 Å². The van der Waals surface area contributed by atoms with Crippen LogP contribution in [0.1, 0.15) is 51.9 Å². The molecule has 38 heavy (non-hydrogen) atoms. The van der Waals surface area contributed by atoms with Crippen molar-refractivity contribution in [3.8, 4) is 5.69 Å². The van der Waals surface area contributed by atoms with Crippen molar-refractivity contribution in [3.05, 3.63) is 71.0 Å². The zero-order chi connectivity index (χ0) is 27.6. The van der Waals surface area contributed by atoms with Gasteiger partial charge in [0.1, 0.15) is 0 Å². The summed E-state index contributed by atoms with van der Waals surface area (Å²) in [4.78, 5) is 29.7. The fourth-order valence-corrected chi connectivity index (χ4v) is 5.88. The Balaban J connectivity index is 1.59. The number of unbranched alkanes of at least 4 members (excludes halogenated alkanes) is 1. The van der Waals surface area contributed by atoms with Gasteiger partial charge < -0.3 is 13.9 Å². The molecule has 200 valence electrons. The number of hydrogen-bond acceptors (Lipinski definition) is 7. The van der Waals surface area contributed by atoms with Gasteiger partial charge in [0.05, 0.1) is 34.4 Å². The van der Waals surface area contributed by atoms with Crippen LogP contribution >= 0.6 is 11.8 Å². The number of thioether (sulfide) groups is 1. The predicted octanol–water partition coefficient (Wildman–Crippen LogP) is 4.65. The van der Waals surface area contributed by atoms with Gasteiger partial charge in [-0.05, 0) is 68.8 Å². The van der Waals surface area contributed by atoms with Crippen molar-refractivity contribution in [2.75, 3.05) is 12.9 Å². The molecule has 9 nitrogen and oxygen atoms in total. The molecule has 0 radical (unpaired) electrons. The van der Waals surface area contributed by atoms with Gasteiger partial charge in [-0.2, -0.15) is 0 Å². The largest absolute Gasteiger partial charge is 0.465 e. The van der Waals surface area contributed by atoms with Gasteiger partial charge in [-0.1, -0.05) is 25.1 Å². The fraction of sp³-hybridized carbons (Fsp3) is 0.296. The number of ether oxygens (including phenoxy) is 1. The molecular weight excluding hydrogens is 524 g/mol. The van der Waals surface area contributed by atoms with Crippen LogP contribution in [0.15, 0.2) is 58.6 Å². The van der Waals surface area contributed by atoms with Gasteiger partial charge in [-0.15, -0.1) is 0 Å². The highest BCUT2D eigenvalue weighted by atomic mass is 32.2. The van der Waals surface area contributed by atoms with E-state index in [-0.39, 0.29) is 16.4 Å². The molecule has 2 N–H and O–H groups in total. The molecule has 11 heteroatoms. The summed E-state index contributed by atoms with van der Waals surface area (Å²) < 4.78 is 32.4. The summed E-state index contributed by atoms with van der Waals surface area (Å²) in [5, 5.41) is 5.95. The molecule has 2 aromatic carbocycles. The number of fused-ring (bicyclic) bond motifs is 1. The summed E-state index contributed by atoms with van der Waals surface area (Å²) in [6.45, 7) is 6.62. The first kappa shape index (κ1) is 27.6. The van der Waals surface area contributed by atoms with Crippen LogP contribution in [0.5, 0.6) is 0 Å². The maximum absolute atomic E-state index is 13.3. The molecule has 0 spiro atoms. The second-order valence-corrected chi connectivity index (χ2v) is 11.5. The molecular formula is C27H30N4O5S2. The van der Waals surface area contributed by atoms with Crippen LogP contribution in [0.3, 0.4) is 0 Å². The number of nitrogens with zero attached hydrogens (tertiary/aromatic N) is 3. The van der Waals surface area contributed by atoms with Crippen molar-refractivity contribution in [3.63, 3.8) is 0 Å². The first-order valence-electron chi connectivity index (χ1n) is 12.1. The van der Waals surface area contributed by atoms with Crippen LogP contribution in [0.2, 0.25) is 0 Å². The van der Waals surface area contributed by atoms with Crippen molar-refractivity contribution in [2.45, 2.75) is 50.2 Å². The lowest BCUT2D eigenvalue weighted by atomic mass is 10.2. The van der Waals surface area contributed by atoms with Crippen LogP contribution in [-0.2, 0) is 21.3 Å². The number of aryl methyl sites for hydroxylation is 2. The molecule has 4 aromatic rings.